The van der Waals surface area contributed by atoms with E-state index < -0.39 is 30.3 Å². The molecule has 26 heavy (non-hydrogen) atoms. The van der Waals surface area contributed by atoms with Crippen molar-refractivity contribution in [1.82, 2.24) is 0 Å². The largest absolute Gasteiger partial charge is 0.481 e. The van der Waals surface area contributed by atoms with Crippen LogP contribution in [0.15, 0.2) is 24.3 Å². The summed E-state index contributed by atoms with van der Waals surface area (Å²) in [4.78, 5) is 22.1. The van der Waals surface area contributed by atoms with E-state index in [-0.39, 0.29) is 18.8 Å². The number of rotatable bonds is 12. The van der Waals surface area contributed by atoms with E-state index >= 15 is 0 Å². The summed E-state index contributed by atoms with van der Waals surface area (Å²) in [5.41, 5.74) is 0. The highest BCUT2D eigenvalue weighted by Crippen LogP contribution is 2.27. The topological polar surface area (TPSA) is 104 Å². The Kier molecular flexibility index (Phi) is 10.9. The first-order valence-electron chi connectivity index (χ1n) is 9.54. The summed E-state index contributed by atoms with van der Waals surface area (Å²) >= 11 is 0. The van der Waals surface area contributed by atoms with Crippen molar-refractivity contribution < 1.29 is 29.6 Å². The number of esters is 1. The monoisotopic (exact) mass is 368 g/mol. The molecule has 1 aliphatic heterocycles. The lowest BCUT2D eigenvalue weighted by Gasteiger charge is -2.32. The summed E-state index contributed by atoms with van der Waals surface area (Å²) in [6.07, 6.45) is 10.8. The van der Waals surface area contributed by atoms with Gasteiger partial charge in [0.05, 0.1) is 18.6 Å². The lowest BCUT2D eigenvalue weighted by atomic mass is 9.87. The number of unbranched alkanes of at least 4 members (excludes halogenated alkanes) is 3. The quantitative estimate of drug-likeness (QED) is 0.278. The fourth-order valence-electron chi connectivity index (χ4n) is 2.98. The third-order valence-electron chi connectivity index (χ3n) is 4.52. The van der Waals surface area contributed by atoms with Gasteiger partial charge in [0.25, 0.3) is 0 Å². The van der Waals surface area contributed by atoms with Gasteiger partial charge in [-0.05, 0) is 31.8 Å². The van der Waals surface area contributed by atoms with Crippen LogP contribution in [0, 0.1) is 5.92 Å². The number of allylic oxidation sites excluding steroid dienone is 2. The number of carbonyl (C=O) groups is 2. The van der Waals surface area contributed by atoms with Crippen LogP contribution in [0.1, 0.15) is 64.7 Å². The molecular formula is C20H32O6. The highest BCUT2D eigenvalue weighted by Gasteiger charge is 2.35. The van der Waals surface area contributed by atoms with Gasteiger partial charge in [-0.2, -0.15) is 0 Å². The molecule has 0 spiro atoms. The number of carboxylic acid groups (broad SMARTS) is 1. The summed E-state index contributed by atoms with van der Waals surface area (Å²) in [5.74, 6) is -1.51. The van der Waals surface area contributed by atoms with Crippen molar-refractivity contribution in [3.8, 4) is 0 Å². The van der Waals surface area contributed by atoms with Crippen molar-refractivity contribution in [2.24, 2.45) is 5.92 Å². The number of aliphatic hydroxyl groups is 2. The SMILES string of the molecule is CCCCC[C@@H](O)/C=C/[C@H]1OC(=O)C[C@@H](O)[C@@H]1C/C=C\CCCC(=O)O. The Morgan fingerprint density at radius 1 is 1.31 bits per heavy atom. The molecule has 0 saturated carbocycles. The molecule has 148 valence electrons. The molecule has 1 heterocycles. The van der Waals surface area contributed by atoms with E-state index in [0.29, 0.717) is 25.7 Å². The first-order chi connectivity index (χ1) is 12.4. The molecule has 6 heteroatoms. The van der Waals surface area contributed by atoms with Gasteiger partial charge >= 0.3 is 11.9 Å². The number of carboxylic acids is 1. The van der Waals surface area contributed by atoms with Gasteiger partial charge in [-0.15, -0.1) is 0 Å². The predicted molar refractivity (Wildman–Crippen MR) is 98.5 cm³/mol. The van der Waals surface area contributed by atoms with Crippen molar-refractivity contribution in [2.45, 2.75) is 83.0 Å². The number of cyclic esters (lactones) is 1. The molecule has 0 aromatic heterocycles. The van der Waals surface area contributed by atoms with Crippen LogP contribution in [0.25, 0.3) is 0 Å². The zero-order chi connectivity index (χ0) is 19.4. The Hall–Kier alpha value is -1.66. The van der Waals surface area contributed by atoms with Crippen LogP contribution in [-0.4, -0.2) is 45.6 Å². The number of aliphatic carboxylic acids is 1. The molecule has 0 radical (unpaired) electrons. The van der Waals surface area contributed by atoms with Crippen molar-refractivity contribution in [1.29, 1.82) is 0 Å². The van der Waals surface area contributed by atoms with E-state index in [1.54, 1.807) is 12.2 Å². The molecule has 6 nitrogen and oxygen atoms in total. The second-order valence-electron chi connectivity index (χ2n) is 6.83. The average molecular weight is 368 g/mol. The smallest absolute Gasteiger partial charge is 0.309 e. The van der Waals surface area contributed by atoms with Crippen LogP contribution >= 0.6 is 0 Å². The van der Waals surface area contributed by atoms with Gasteiger partial charge < -0.3 is 20.1 Å². The number of carbonyl (C=O) groups excluding carboxylic acids is 1. The van der Waals surface area contributed by atoms with Crippen molar-refractivity contribution >= 4 is 11.9 Å². The van der Waals surface area contributed by atoms with E-state index in [0.717, 1.165) is 19.3 Å². The maximum absolute atomic E-state index is 11.6. The van der Waals surface area contributed by atoms with Crippen LogP contribution in [0.3, 0.4) is 0 Å². The Balaban J connectivity index is 2.54. The summed E-state index contributed by atoms with van der Waals surface area (Å²) < 4.78 is 5.35. The molecular weight excluding hydrogens is 336 g/mol. The Morgan fingerprint density at radius 3 is 2.77 bits per heavy atom. The second-order valence-corrected chi connectivity index (χ2v) is 6.83. The van der Waals surface area contributed by atoms with E-state index in [9.17, 15) is 19.8 Å². The van der Waals surface area contributed by atoms with Crippen molar-refractivity contribution in [2.75, 3.05) is 0 Å². The zero-order valence-electron chi connectivity index (χ0n) is 15.5. The van der Waals surface area contributed by atoms with Crippen LogP contribution in [-0.2, 0) is 14.3 Å². The first kappa shape index (κ1) is 22.4. The van der Waals surface area contributed by atoms with Crippen molar-refractivity contribution in [3.05, 3.63) is 24.3 Å². The van der Waals surface area contributed by atoms with Gasteiger partial charge in [0.2, 0.25) is 0 Å². The van der Waals surface area contributed by atoms with Gasteiger partial charge in [0.1, 0.15) is 6.10 Å². The molecule has 4 atom stereocenters. The molecule has 1 saturated heterocycles. The lowest BCUT2D eigenvalue weighted by molar-refractivity contribution is -0.163. The first-order valence-corrected chi connectivity index (χ1v) is 9.54. The molecule has 1 aliphatic rings. The molecule has 0 aromatic rings. The summed E-state index contributed by atoms with van der Waals surface area (Å²) in [5, 5.41) is 28.8. The fraction of sp³-hybridized carbons (Fsp3) is 0.700. The molecule has 1 rings (SSSR count). The van der Waals surface area contributed by atoms with Crippen LogP contribution in [0.4, 0.5) is 0 Å². The maximum atomic E-state index is 11.6. The summed E-state index contributed by atoms with van der Waals surface area (Å²) in [6.45, 7) is 2.10. The molecule has 3 N–H and O–H groups in total. The van der Waals surface area contributed by atoms with E-state index in [2.05, 4.69) is 6.92 Å². The zero-order valence-corrected chi connectivity index (χ0v) is 15.5. The number of ether oxygens (including phenoxy) is 1. The Morgan fingerprint density at radius 2 is 2.08 bits per heavy atom. The third-order valence-corrected chi connectivity index (χ3v) is 4.52. The molecule has 0 unspecified atom stereocenters. The molecule has 0 bridgehead atoms. The predicted octanol–water partition coefficient (Wildman–Crippen LogP) is 2.98. The standard InChI is InChI=1S/C20H32O6/c1-2-3-6-9-15(21)12-13-18-16(17(22)14-20(25)26-18)10-7-4-5-8-11-19(23)24/h4,7,12-13,15-18,21-22H,2-3,5-6,8-11,14H2,1H3,(H,23,24)/b7-4-,13-12+/t15-,16+,17-,18-/m1/s1. The third kappa shape index (κ3) is 9.15. The molecule has 0 aliphatic carbocycles. The van der Waals surface area contributed by atoms with Crippen LogP contribution in [0.5, 0.6) is 0 Å². The second kappa shape index (κ2) is 12.7. The molecule has 1 fully saturated rings. The minimum Gasteiger partial charge on any atom is -0.481 e. The normalized spacial score (nSPS) is 24.9. The minimum absolute atomic E-state index is 0.0269. The van der Waals surface area contributed by atoms with E-state index in [1.807, 2.05) is 12.2 Å². The number of aliphatic hydroxyl groups excluding tert-OH is 2. The maximum Gasteiger partial charge on any atom is 0.309 e. The van der Waals surface area contributed by atoms with Crippen LogP contribution in [0.2, 0.25) is 0 Å². The summed E-state index contributed by atoms with van der Waals surface area (Å²) in [7, 11) is 0. The molecule has 0 aromatic carbocycles. The fourth-order valence-corrected chi connectivity index (χ4v) is 2.98. The van der Waals surface area contributed by atoms with Crippen LogP contribution < -0.4 is 0 Å². The van der Waals surface area contributed by atoms with Crippen molar-refractivity contribution in [3.63, 3.8) is 0 Å². The van der Waals surface area contributed by atoms with E-state index in [4.69, 9.17) is 9.84 Å². The van der Waals surface area contributed by atoms with Gasteiger partial charge in [-0.1, -0.05) is 44.4 Å². The van der Waals surface area contributed by atoms with Gasteiger partial charge in [0.15, 0.2) is 0 Å². The highest BCUT2D eigenvalue weighted by molar-refractivity contribution is 5.71. The number of hydrogen-bond donors (Lipinski definition) is 3. The Labute approximate surface area is 155 Å². The lowest BCUT2D eigenvalue weighted by Crippen LogP contribution is -2.41. The van der Waals surface area contributed by atoms with Gasteiger partial charge in [-0.3, -0.25) is 9.59 Å². The van der Waals surface area contributed by atoms with Gasteiger partial charge in [-0.25, -0.2) is 0 Å². The average Bonchev–Trinajstić information content (AvgIpc) is 2.57. The molecule has 0 amide bonds. The summed E-state index contributed by atoms with van der Waals surface area (Å²) in [6, 6.07) is 0. The number of hydrogen-bond acceptors (Lipinski definition) is 5. The Bertz CT molecular complexity index is 485. The van der Waals surface area contributed by atoms with E-state index in [1.165, 1.54) is 0 Å². The van der Waals surface area contributed by atoms with Gasteiger partial charge in [0, 0.05) is 12.3 Å². The highest BCUT2D eigenvalue weighted by atomic mass is 16.5. The minimum atomic E-state index is -0.810.